The van der Waals surface area contributed by atoms with Gasteiger partial charge in [-0.1, -0.05) is 6.08 Å². The average Bonchev–Trinajstić information content (AvgIpc) is 2.16. The van der Waals surface area contributed by atoms with E-state index in [1.165, 1.54) is 14.0 Å². The van der Waals surface area contributed by atoms with Crippen LogP contribution in [-0.4, -0.2) is 43.2 Å². The Hall–Kier alpha value is -0.910. The fourth-order valence-electron chi connectivity index (χ4n) is 1.17. The van der Waals surface area contributed by atoms with Crippen molar-refractivity contribution in [3.05, 3.63) is 12.2 Å². The lowest BCUT2D eigenvalue weighted by Crippen LogP contribution is -2.43. The lowest BCUT2D eigenvalue weighted by atomic mass is 10.1. The maximum absolute atomic E-state index is 10.6. The molecule has 1 heterocycles. The van der Waals surface area contributed by atoms with Gasteiger partial charge in [0.1, 0.15) is 12.2 Å². The molecule has 0 saturated carbocycles. The number of aliphatic hydroxyl groups is 1. The summed E-state index contributed by atoms with van der Waals surface area (Å²) in [6.45, 7) is 1.69. The van der Waals surface area contributed by atoms with Crippen molar-refractivity contribution in [3.8, 4) is 0 Å². The van der Waals surface area contributed by atoms with E-state index in [1.54, 1.807) is 12.2 Å². The minimum Gasteiger partial charge on any atom is -0.386 e. The molecule has 0 aromatic rings. The van der Waals surface area contributed by atoms with Gasteiger partial charge >= 0.3 is 0 Å². The molecule has 80 valence electrons. The van der Waals surface area contributed by atoms with E-state index in [2.05, 4.69) is 5.32 Å². The van der Waals surface area contributed by atoms with Crippen LogP contribution in [0.4, 0.5) is 0 Å². The van der Waals surface area contributed by atoms with Gasteiger partial charge in [0.25, 0.3) is 0 Å². The summed E-state index contributed by atoms with van der Waals surface area (Å²) < 4.78 is 10.3. The largest absolute Gasteiger partial charge is 0.386 e. The molecular formula is C9H15NO4. The molecule has 0 aromatic heterocycles. The van der Waals surface area contributed by atoms with E-state index in [4.69, 9.17) is 9.47 Å². The predicted molar refractivity (Wildman–Crippen MR) is 49.5 cm³/mol. The fourth-order valence-corrected chi connectivity index (χ4v) is 1.17. The maximum Gasteiger partial charge on any atom is 0.216 e. The highest BCUT2D eigenvalue weighted by atomic mass is 16.7. The van der Waals surface area contributed by atoms with Gasteiger partial charge in [-0.05, 0) is 6.08 Å². The third-order valence-corrected chi connectivity index (χ3v) is 1.94. The minimum atomic E-state index is -0.701. The number of rotatable bonds is 3. The van der Waals surface area contributed by atoms with Crippen LogP contribution in [0.15, 0.2) is 12.2 Å². The number of carbonyl (C=O) groups is 1. The minimum absolute atomic E-state index is 0.149. The van der Waals surface area contributed by atoms with Gasteiger partial charge in [0, 0.05) is 20.6 Å². The van der Waals surface area contributed by atoms with E-state index in [-0.39, 0.29) is 12.5 Å². The molecule has 0 radical (unpaired) electrons. The van der Waals surface area contributed by atoms with Gasteiger partial charge in [0.2, 0.25) is 5.91 Å². The van der Waals surface area contributed by atoms with Gasteiger partial charge in [-0.15, -0.1) is 0 Å². The third-order valence-electron chi connectivity index (χ3n) is 1.94. The molecule has 1 rings (SSSR count). The Bertz CT molecular complexity index is 229. The van der Waals surface area contributed by atoms with Crippen LogP contribution in [0.1, 0.15) is 6.92 Å². The second-order valence-corrected chi connectivity index (χ2v) is 3.09. The van der Waals surface area contributed by atoms with Gasteiger partial charge in [-0.25, -0.2) is 0 Å². The lowest BCUT2D eigenvalue weighted by Gasteiger charge is -2.28. The Labute approximate surface area is 82.7 Å². The van der Waals surface area contributed by atoms with Crippen molar-refractivity contribution < 1.29 is 19.4 Å². The number of methoxy groups -OCH3 is 1. The molecule has 0 saturated heterocycles. The molecule has 0 unspecified atom stereocenters. The number of amides is 1. The summed E-state index contributed by atoms with van der Waals surface area (Å²) in [5.41, 5.74) is 0. The van der Waals surface area contributed by atoms with Crippen LogP contribution < -0.4 is 5.32 Å². The highest BCUT2D eigenvalue weighted by molar-refractivity contribution is 5.72. The summed E-state index contributed by atoms with van der Waals surface area (Å²) in [5.74, 6) is -0.149. The highest BCUT2D eigenvalue weighted by Crippen LogP contribution is 2.12. The van der Waals surface area contributed by atoms with E-state index in [9.17, 15) is 9.90 Å². The molecule has 3 atom stereocenters. The Kier molecular flexibility index (Phi) is 4.06. The summed E-state index contributed by atoms with van der Waals surface area (Å²) in [6.07, 6.45) is 1.64. The van der Waals surface area contributed by atoms with Crippen LogP contribution in [0.3, 0.4) is 0 Å². The number of carbonyl (C=O) groups excluding carboxylic acids is 1. The highest BCUT2D eigenvalue weighted by Gasteiger charge is 2.25. The third kappa shape index (κ3) is 3.10. The van der Waals surface area contributed by atoms with Crippen molar-refractivity contribution in [3.63, 3.8) is 0 Å². The normalized spacial score (nSPS) is 31.5. The first kappa shape index (κ1) is 11.2. The predicted octanol–water partition coefficient (Wildman–Crippen LogP) is -0.589. The first-order chi connectivity index (χ1) is 6.63. The van der Waals surface area contributed by atoms with E-state index in [0.717, 1.165) is 0 Å². The molecular weight excluding hydrogens is 186 g/mol. The fraction of sp³-hybridized carbons (Fsp3) is 0.667. The summed E-state index contributed by atoms with van der Waals surface area (Å²) >= 11 is 0. The number of aliphatic hydroxyl groups excluding tert-OH is 1. The SMILES string of the molecule is CO[C@H]1C=C[C@@H](O)[C@H](CNC(C)=O)O1. The first-order valence-corrected chi connectivity index (χ1v) is 4.42. The van der Waals surface area contributed by atoms with Gasteiger partial charge in [-0.3, -0.25) is 4.79 Å². The van der Waals surface area contributed by atoms with Crippen LogP contribution >= 0.6 is 0 Å². The zero-order chi connectivity index (χ0) is 10.6. The molecule has 1 aliphatic rings. The van der Waals surface area contributed by atoms with E-state index in [1.807, 2.05) is 0 Å². The monoisotopic (exact) mass is 201 g/mol. The van der Waals surface area contributed by atoms with E-state index in [0.29, 0.717) is 0 Å². The Morgan fingerprint density at radius 3 is 2.93 bits per heavy atom. The quantitative estimate of drug-likeness (QED) is 0.599. The molecule has 0 bridgehead atoms. The second-order valence-electron chi connectivity index (χ2n) is 3.09. The summed E-state index contributed by atoms with van der Waals surface area (Å²) in [5, 5.41) is 12.1. The molecule has 0 spiro atoms. The molecule has 0 fully saturated rings. The van der Waals surface area contributed by atoms with Crippen molar-refractivity contribution in [2.75, 3.05) is 13.7 Å². The van der Waals surface area contributed by atoms with E-state index >= 15 is 0 Å². The van der Waals surface area contributed by atoms with Crippen molar-refractivity contribution in [1.29, 1.82) is 0 Å². The number of ether oxygens (including phenoxy) is 2. The molecule has 14 heavy (non-hydrogen) atoms. The average molecular weight is 201 g/mol. The van der Waals surface area contributed by atoms with Crippen LogP contribution in [0.2, 0.25) is 0 Å². The number of hydrogen-bond acceptors (Lipinski definition) is 4. The zero-order valence-corrected chi connectivity index (χ0v) is 8.27. The van der Waals surface area contributed by atoms with Crippen molar-refractivity contribution in [2.24, 2.45) is 0 Å². The molecule has 0 aliphatic carbocycles. The van der Waals surface area contributed by atoms with Crippen LogP contribution in [0, 0.1) is 0 Å². The Morgan fingerprint density at radius 1 is 1.64 bits per heavy atom. The van der Waals surface area contributed by atoms with E-state index < -0.39 is 18.5 Å². The summed E-state index contributed by atoms with van der Waals surface area (Å²) in [7, 11) is 1.52. The number of nitrogens with one attached hydrogen (secondary N) is 1. The first-order valence-electron chi connectivity index (χ1n) is 4.42. The van der Waals surface area contributed by atoms with Crippen LogP contribution in [0.5, 0.6) is 0 Å². The molecule has 5 nitrogen and oxygen atoms in total. The number of hydrogen-bond donors (Lipinski definition) is 2. The molecule has 0 aromatic carbocycles. The molecule has 1 aliphatic heterocycles. The molecule has 2 N–H and O–H groups in total. The lowest BCUT2D eigenvalue weighted by molar-refractivity contribution is -0.157. The van der Waals surface area contributed by atoms with Gasteiger partial charge < -0.3 is 19.9 Å². The Balaban J connectivity index is 2.44. The topological polar surface area (TPSA) is 67.8 Å². The Morgan fingerprint density at radius 2 is 2.36 bits per heavy atom. The van der Waals surface area contributed by atoms with Crippen molar-refractivity contribution >= 4 is 5.91 Å². The summed E-state index contributed by atoms with van der Waals surface area (Å²) in [4.78, 5) is 10.6. The standard InChI is InChI=1S/C9H15NO4/c1-6(11)10-5-8-7(12)3-4-9(13-2)14-8/h3-4,7-9,12H,5H2,1-2H3,(H,10,11)/t7-,8+,9-/m1/s1. The second kappa shape index (κ2) is 5.09. The van der Waals surface area contributed by atoms with Crippen molar-refractivity contribution in [2.45, 2.75) is 25.4 Å². The van der Waals surface area contributed by atoms with Gasteiger partial charge in [0.05, 0.1) is 0 Å². The molecule has 5 heteroatoms. The molecule has 1 amide bonds. The zero-order valence-electron chi connectivity index (χ0n) is 8.27. The van der Waals surface area contributed by atoms with Crippen LogP contribution in [0.25, 0.3) is 0 Å². The van der Waals surface area contributed by atoms with Gasteiger partial charge in [0.15, 0.2) is 6.29 Å². The maximum atomic E-state index is 10.6. The van der Waals surface area contributed by atoms with Gasteiger partial charge in [-0.2, -0.15) is 0 Å². The van der Waals surface area contributed by atoms with Crippen LogP contribution in [-0.2, 0) is 14.3 Å². The summed E-state index contributed by atoms with van der Waals surface area (Å²) in [6, 6.07) is 0. The van der Waals surface area contributed by atoms with Crippen molar-refractivity contribution in [1.82, 2.24) is 5.32 Å². The smallest absolute Gasteiger partial charge is 0.216 e.